The molecule has 4 rings (SSSR count). The summed E-state index contributed by atoms with van der Waals surface area (Å²) >= 11 is 0. The lowest BCUT2D eigenvalue weighted by atomic mass is 10.0. The highest BCUT2D eigenvalue weighted by atomic mass is 16.5. The summed E-state index contributed by atoms with van der Waals surface area (Å²) in [7, 11) is 0. The number of hydrogen-bond acceptors (Lipinski definition) is 6. The van der Waals surface area contributed by atoms with E-state index in [0.717, 1.165) is 41.6 Å². The number of aromatic nitrogens is 4. The normalized spacial score (nSPS) is 12.3. The average Bonchev–Trinajstić information content (AvgIpc) is 3.36. The van der Waals surface area contributed by atoms with E-state index < -0.39 is 0 Å². The highest BCUT2D eigenvalue weighted by Crippen LogP contribution is 2.29. The molecule has 0 saturated carbocycles. The Labute approximate surface area is 199 Å². The first-order chi connectivity index (χ1) is 16.4. The van der Waals surface area contributed by atoms with Gasteiger partial charge in [-0.3, -0.25) is 9.78 Å². The maximum Gasteiger partial charge on any atom is 0.250 e. The van der Waals surface area contributed by atoms with Crippen molar-refractivity contribution in [3.63, 3.8) is 0 Å². The van der Waals surface area contributed by atoms with Crippen LogP contribution in [0, 0.1) is 6.92 Å². The fourth-order valence-electron chi connectivity index (χ4n) is 4.13. The molecule has 0 radical (unpaired) electrons. The zero-order valence-electron chi connectivity index (χ0n) is 20.2. The minimum atomic E-state index is -0.0144. The van der Waals surface area contributed by atoms with Crippen LogP contribution in [-0.2, 0) is 0 Å². The zero-order valence-corrected chi connectivity index (χ0v) is 20.2. The summed E-state index contributed by atoms with van der Waals surface area (Å²) in [5.41, 5.74) is 11.8. The molecule has 176 valence electrons. The third-order valence-electron chi connectivity index (χ3n) is 6.32. The van der Waals surface area contributed by atoms with Gasteiger partial charge in [0.15, 0.2) is 5.76 Å². The highest BCUT2D eigenvalue weighted by molar-refractivity contribution is 5.68. The molecule has 3 aromatic heterocycles. The topological polar surface area (TPSA) is 99.8 Å². The van der Waals surface area contributed by atoms with Crippen LogP contribution in [-0.4, -0.2) is 19.7 Å². The first-order valence-electron chi connectivity index (χ1n) is 11.8. The first-order valence-corrected chi connectivity index (χ1v) is 11.8. The number of nitrogens with zero attached hydrogens (tertiary/aromatic N) is 4. The van der Waals surface area contributed by atoms with E-state index in [0.29, 0.717) is 22.8 Å². The lowest BCUT2D eigenvalue weighted by molar-refractivity contribution is 0.433. The van der Waals surface area contributed by atoms with Crippen molar-refractivity contribution in [1.82, 2.24) is 19.7 Å². The van der Waals surface area contributed by atoms with Gasteiger partial charge in [-0.25, -0.2) is 4.98 Å². The number of pyridine rings is 1. The SMILES string of the molecule is CCC(N)c1cccc(-c2cc(-c3nc(-c4ccc(=O)n(C(CC)CC)c4)cnc3C)on2)c1. The summed E-state index contributed by atoms with van der Waals surface area (Å²) in [5.74, 6) is 0.542. The molecular formula is C27H31N5O2. The van der Waals surface area contributed by atoms with Gasteiger partial charge in [-0.2, -0.15) is 0 Å². The van der Waals surface area contributed by atoms with Gasteiger partial charge in [0.2, 0.25) is 0 Å². The third-order valence-corrected chi connectivity index (χ3v) is 6.32. The second-order valence-corrected chi connectivity index (χ2v) is 8.54. The van der Waals surface area contributed by atoms with E-state index >= 15 is 0 Å². The monoisotopic (exact) mass is 457 g/mol. The molecule has 0 bridgehead atoms. The maximum atomic E-state index is 12.4. The Bertz CT molecular complexity index is 1340. The molecule has 34 heavy (non-hydrogen) atoms. The van der Waals surface area contributed by atoms with E-state index in [1.165, 1.54) is 0 Å². The molecule has 4 aromatic rings. The number of rotatable bonds is 8. The molecule has 0 amide bonds. The molecule has 7 heteroatoms. The lowest BCUT2D eigenvalue weighted by Crippen LogP contribution is -2.23. The minimum absolute atomic E-state index is 0.0114. The molecule has 0 fully saturated rings. The first kappa shape index (κ1) is 23.6. The van der Waals surface area contributed by atoms with Gasteiger partial charge in [-0.1, -0.05) is 44.1 Å². The molecule has 0 aliphatic carbocycles. The van der Waals surface area contributed by atoms with Crippen LogP contribution < -0.4 is 11.3 Å². The van der Waals surface area contributed by atoms with Crippen molar-refractivity contribution in [2.75, 3.05) is 0 Å². The predicted octanol–water partition coefficient (Wildman–Crippen LogP) is 5.71. The smallest absolute Gasteiger partial charge is 0.250 e. The third kappa shape index (κ3) is 4.70. The van der Waals surface area contributed by atoms with Crippen LogP contribution in [0.15, 0.2) is 64.2 Å². The largest absolute Gasteiger partial charge is 0.354 e. The fourth-order valence-corrected chi connectivity index (χ4v) is 4.13. The summed E-state index contributed by atoms with van der Waals surface area (Å²) < 4.78 is 7.47. The second-order valence-electron chi connectivity index (χ2n) is 8.54. The van der Waals surface area contributed by atoms with E-state index in [2.05, 4.69) is 30.9 Å². The Hall–Kier alpha value is -3.58. The van der Waals surface area contributed by atoms with Gasteiger partial charge in [-0.15, -0.1) is 0 Å². The summed E-state index contributed by atoms with van der Waals surface area (Å²) in [6.45, 7) is 8.13. The van der Waals surface area contributed by atoms with Crippen LogP contribution >= 0.6 is 0 Å². The van der Waals surface area contributed by atoms with E-state index in [-0.39, 0.29) is 17.6 Å². The van der Waals surface area contributed by atoms with Crippen LogP contribution in [0.3, 0.4) is 0 Å². The summed E-state index contributed by atoms with van der Waals surface area (Å²) in [6, 6.07) is 13.4. The number of hydrogen-bond donors (Lipinski definition) is 1. The minimum Gasteiger partial charge on any atom is -0.354 e. The molecule has 0 aliphatic heterocycles. The standard InChI is InChI=1S/C27H31N5O2/c1-5-21(6-2)32-16-20(11-12-26(32)33)24-15-29-17(4)27(30-24)25-14-23(31-34-25)19-10-8-9-18(13-19)22(28)7-3/h8-16,21-22H,5-7,28H2,1-4H3. The second kappa shape index (κ2) is 10.1. The van der Waals surface area contributed by atoms with Crippen LogP contribution in [0.4, 0.5) is 0 Å². The van der Waals surface area contributed by atoms with Gasteiger partial charge < -0.3 is 14.8 Å². The van der Waals surface area contributed by atoms with Crippen LogP contribution in [0.1, 0.15) is 63.4 Å². The molecule has 0 aliphatic rings. The van der Waals surface area contributed by atoms with Crippen LogP contribution in [0.2, 0.25) is 0 Å². The van der Waals surface area contributed by atoms with Crippen molar-refractivity contribution in [3.05, 3.63) is 76.5 Å². The lowest BCUT2D eigenvalue weighted by Gasteiger charge is -2.17. The number of aryl methyl sites for hydroxylation is 1. The van der Waals surface area contributed by atoms with Crippen molar-refractivity contribution in [1.29, 1.82) is 0 Å². The number of nitrogens with two attached hydrogens (primary N) is 1. The van der Waals surface area contributed by atoms with Gasteiger partial charge >= 0.3 is 0 Å². The molecule has 0 saturated heterocycles. The Kier molecular flexibility index (Phi) is 7.03. The highest BCUT2D eigenvalue weighted by Gasteiger charge is 2.16. The Morgan fingerprint density at radius 1 is 1.00 bits per heavy atom. The molecular weight excluding hydrogens is 426 g/mol. The molecule has 7 nitrogen and oxygen atoms in total. The Morgan fingerprint density at radius 3 is 2.53 bits per heavy atom. The maximum absolute atomic E-state index is 12.4. The average molecular weight is 458 g/mol. The van der Waals surface area contributed by atoms with Crippen molar-refractivity contribution in [2.45, 2.75) is 59.0 Å². The van der Waals surface area contributed by atoms with Gasteiger partial charge in [0.25, 0.3) is 5.56 Å². The van der Waals surface area contributed by atoms with Crippen LogP contribution in [0.5, 0.6) is 0 Å². The van der Waals surface area contributed by atoms with Crippen LogP contribution in [0.25, 0.3) is 34.0 Å². The van der Waals surface area contributed by atoms with Gasteiger partial charge in [0, 0.05) is 41.5 Å². The summed E-state index contributed by atoms with van der Waals surface area (Å²) in [6.07, 6.45) is 6.23. The van der Waals surface area contributed by atoms with Crippen molar-refractivity contribution >= 4 is 0 Å². The Balaban J connectivity index is 1.71. The molecule has 1 atom stereocenters. The van der Waals surface area contributed by atoms with E-state index in [4.69, 9.17) is 15.2 Å². The van der Waals surface area contributed by atoms with E-state index in [1.54, 1.807) is 22.9 Å². The van der Waals surface area contributed by atoms with E-state index in [9.17, 15) is 4.79 Å². The predicted molar refractivity (Wildman–Crippen MR) is 134 cm³/mol. The Morgan fingerprint density at radius 2 is 1.79 bits per heavy atom. The summed E-state index contributed by atoms with van der Waals surface area (Å²) in [4.78, 5) is 21.8. The van der Waals surface area contributed by atoms with E-state index in [1.807, 2.05) is 43.5 Å². The van der Waals surface area contributed by atoms with Gasteiger partial charge in [0.05, 0.1) is 17.6 Å². The zero-order chi connectivity index (χ0) is 24.2. The molecule has 3 heterocycles. The van der Waals surface area contributed by atoms with Crippen molar-refractivity contribution < 1.29 is 4.52 Å². The van der Waals surface area contributed by atoms with Gasteiger partial charge in [-0.05, 0) is 43.9 Å². The fraction of sp³-hybridized carbons (Fsp3) is 0.333. The molecule has 2 N–H and O–H groups in total. The van der Waals surface area contributed by atoms with Crippen molar-refractivity contribution in [3.8, 4) is 34.0 Å². The number of benzene rings is 1. The quantitative estimate of drug-likeness (QED) is 0.364. The molecule has 1 unspecified atom stereocenters. The van der Waals surface area contributed by atoms with Crippen molar-refractivity contribution in [2.24, 2.45) is 5.73 Å². The van der Waals surface area contributed by atoms with Gasteiger partial charge in [0.1, 0.15) is 11.4 Å². The molecule has 1 aromatic carbocycles. The molecule has 0 spiro atoms. The summed E-state index contributed by atoms with van der Waals surface area (Å²) in [5, 5.41) is 4.27.